The van der Waals surface area contributed by atoms with E-state index in [-0.39, 0.29) is 17.8 Å². The first kappa shape index (κ1) is 13.9. The topological polar surface area (TPSA) is 64.2 Å². The van der Waals surface area contributed by atoms with Crippen molar-refractivity contribution in [2.24, 2.45) is 7.05 Å². The van der Waals surface area contributed by atoms with Crippen LogP contribution in [0.1, 0.15) is 48.3 Å². The maximum atomic E-state index is 12.7. The lowest BCUT2D eigenvalue weighted by atomic mass is 9.94. The lowest BCUT2D eigenvalue weighted by Crippen LogP contribution is -2.41. The van der Waals surface area contributed by atoms with E-state index in [2.05, 4.69) is 10.1 Å². The van der Waals surface area contributed by atoms with Crippen molar-refractivity contribution < 1.29 is 9.21 Å². The van der Waals surface area contributed by atoms with E-state index in [1.54, 1.807) is 30.6 Å². The molecule has 0 N–H and O–H groups in total. The average Bonchev–Trinajstić information content (AvgIpc) is 3.16. The second-order valence-electron chi connectivity index (χ2n) is 5.60. The van der Waals surface area contributed by atoms with E-state index < -0.39 is 0 Å². The second kappa shape index (κ2) is 6.11. The molecule has 0 aliphatic heterocycles. The van der Waals surface area contributed by atoms with Gasteiger partial charge in [-0.15, -0.1) is 5.10 Å². The van der Waals surface area contributed by atoms with Gasteiger partial charge >= 0.3 is 0 Å². The molecule has 112 valence electrons. The first-order chi connectivity index (χ1) is 10.2. The molecule has 21 heavy (non-hydrogen) atoms. The van der Waals surface area contributed by atoms with Crippen molar-refractivity contribution >= 4 is 5.91 Å². The predicted molar refractivity (Wildman–Crippen MR) is 76.5 cm³/mol. The summed E-state index contributed by atoms with van der Waals surface area (Å²) in [5.74, 6) is 0.176. The Bertz CT molecular complexity index is 585. The van der Waals surface area contributed by atoms with Crippen molar-refractivity contribution in [2.75, 3.05) is 0 Å². The Hall–Kier alpha value is -2.11. The predicted octanol–water partition coefficient (Wildman–Crippen LogP) is 2.38. The fourth-order valence-corrected chi connectivity index (χ4v) is 2.90. The SMILES string of the molecule is Cn1cnc(C(=O)N(Cc2ccoc2)C2CCCCC2)n1. The number of carbonyl (C=O) groups excluding carboxylic acids is 1. The lowest BCUT2D eigenvalue weighted by molar-refractivity contribution is 0.0601. The summed E-state index contributed by atoms with van der Waals surface area (Å²) in [6.07, 6.45) is 10.6. The molecule has 1 aliphatic rings. The number of amides is 1. The minimum atomic E-state index is -0.0938. The highest BCUT2D eigenvalue weighted by Crippen LogP contribution is 2.25. The van der Waals surface area contributed by atoms with Crippen molar-refractivity contribution in [3.8, 4) is 0 Å². The fraction of sp³-hybridized carbons (Fsp3) is 0.533. The van der Waals surface area contributed by atoms with E-state index >= 15 is 0 Å². The van der Waals surface area contributed by atoms with Crippen LogP contribution < -0.4 is 0 Å². The number of hydrogen-bond acceptors (Lipinski definition) is 4. The minimum Gasteiger partial charge on any atom is -0.472 e. The van der Waals surface area contributed by atoms with Crippen molar-refractivity contribution in [3.63, 3.8) is 0 Å². The monoisotopic (exact) mass is 288 g/mol. The molecule has 1 amide bonds. The van der Waals surface area contributed by atoms with E-state index in [0.29, 0.717) is 6.54 Å². The lowest BCUT2D eigenvalue weighted by Gasteiger charge is -2.33. The number of rotatable bonds is 4. The van der Waals surface area contributed by atoms with Gasteiger partial charge in [0.05, 0.1) is 12.5 Å². The molecule has 2 heterocycles. The Morgan fingerprint density at radius 1 is 1.43 bits per heavy atom. The standard InChI is InChI=1S/C15H20N4O2/c1-18-11-16-14(17-18)15(20)19(9-12-7-8-21-10-12)13-5-3-2-4-6-13/h7-8,10-11,13H,2-6,9H2,1H3. The molecule has 0 radical (unpaired) electrons. The smallest absolute Gasteiger partial charge is 0.294 e. The number of aromatic nitrogens is 3. The van der Waals surface area contributed by atoms with Crippen molar-refractivity contribution in [2.45, 2.75) is 44.7 Å². The van der Waals surface area contributed by atoms with Crippen LogP contribution in [0.3, 0.4) is 0 Å². The molecule has 1 saturated carbocycles. The van der Waals surface area contributed by atoms with Gasteiger partial charge in [-0.2, -0.15) is 0 Å². The van der Waals surface area contributed by atoms with Gasteiger partial charge in [-0.1, -0.05) is 19.3 Å². The number of carbonyl (C=O) groups is 1. The largest absolute Gasteiger partial charge is 0.472 e. The van der Waals surface area contributed by atoms with E-state index in [9.17, 15) is 4.79 Å². The van der Waals surface area contributed by atoms with Gasteiger partial charge in [0.1, 0.15) is 6.33 Å². The second-order valence-corrected chi connectivity index (χ2v) is 5.60. The fourth-order valence-electron chi connectivity index (χ4n) is 2.90. The maximum Gasteiger partial charge on any atom is 0.294 e. The summed E-state index contributed by atoms with van der Waals surface area (Å²) in [5.41, 5.74) is 1.00. The first-order valence-electron chi connectivity index (χ1n) is 7.42. The summed E-state index contributed by atoms with van der Waals surface area (Å²) in [4.78, 5) is 18.7. The molecule has 1 fully saturated rings. The molecule has 1 aliphatic carbocycles. The third-order valence-electron chi connectivity index (χ3n) is 4.00. The van der Waals surface area contributed by atoms with E-state index in [4.69, 9.17) is 4.42 Å². The zero-order valence-electron chi connectivity index (χ0n) is 12.2. The quantitative estimate of drug-likeness (QED) is 0.866. The number of aryl methyl sites for hydroxylation is 1. The molecule has 0 bridgehead atoms. The van der Waals surface area contributed by atoms with E-state index in [0.717, 1.165) is 18.4 Å². The third-order valence-corrected chi connectivity index (χ3v) is 4.00. The summed E-state index contributed by atoms with van der Waals surface area (Å²) in [5, 5.41) is 4.15. The Labute approximate surface area is 123 Å². The molecule has 0 unspecified atom stereocenters. The third kappa shape index (κ3) is 3.15. The molecule has 0 aromatic carbocycles. The van der Waals surface area contributed by atoms with Crippen molar-refractivity contribution in [1.82, 2.24) is 19.7 Å². The first-order valence-corrected chi connectivity index (χ1v) is 7.42. The summed E-state index contributed by atoms with van der Waals surface area (Å²) in [6.45, 7) is 0.554. The van der Waals surface area contributed by atoms with Crippen LogP contribution in [0.4, 0.5) is 0 Å². The Kier molecular flexibility index (Phi) is 4.03. The highest BCUT2D eigenvalue weighted by atomic mass is 16.3. The summed E-state index contributed by atoms with van der Waals surface area (Å²) in [7, 11) is 1.77. The molecule has 3 rings (SSSR count). The van der Waals surface area contributed by atoms with Gasteiger partial charge < -0.3 is 9.32 Å². The van der Waals surface area contributed by atoms with Gasteiger partial charge in [0.25, 0.3) is 5.91 Å². The van der Waals surface area contributed by atoms with Gasteiger partial charge in [0.15, 0.2) is 0 Å². The van der Waals surface area contributed by atoms with Crippen LogP contribution in [0.2, 0.25) is 0 Å². The van der Waals surface area contributed by atoms with Gasteiger partial charge in [-0.25, -0.2) is 4.98 Å². The Morgan fingerprint density at radius 2 is 2.24 bits per heavy atom. The Balaban J connectivity index is 1.81. The van der Waals surface area contributed by atoms with Gasteiger partial charge in [0, 0.05) is 25.2 Å². The summed E-state index contributed by atoms with van der Waals surface area (Å²) >= 11 is 0. The minimum absolute atomic E-state index is 0.0938. The van der Waals surface area contributed by atoms with Gasteiger partial charge in [-0.05, 0) is 18.9 Å². The zero-order chi connectivity index (χ0) is 14.7. The van der Waals surface area contributed by atoms with Crippen molar-refractivity contribution in [3.05, 3.63) is 36.3 Å². The van der Waals surface area contributed by atoms with Crippen LogP contribution in [0.15, 0.2) is 29.3 Å². The number of furan rings is 1. The Morgan fingerprint density at radius 3 is 2.86 bits per heavy atom. The molecule has 0 saturated heterocycles. The molecule has 6 heteroatoms. The maximum absolute atomic E-state index is 12.7. The molecular weight excluding hydrogens is 268 g/mol. The van der Waals surface area contributed by atoms with Crippen LogP contribution in [-0.2, 0) is 13.6 Å². The van der Waals surface area contributed by atoms with Crippen LogP contribution in [0.25, 0.3) is 0 Å². The van der Waals surface area contributed by atoms with E-state index in [1.807, 2.05) is 11.0 Å². The summed E-state index contributed by atoms with van der Waals surface area (Å²) in [6, 6.07) is 2.17. The average molecular weight is 288 g/mol. The van der Waals surface area contributed by atoms with Gasteiger partial charge in [0.2, 0.25) is 5.82 Å². The number of nitrogens with zero attached hydrogens (tertiary/aromatic N) is 4. The molecular formula is C15H20N4O2. The molecule has 2 aromatic rings. The van der Waals surface area contributed by atoms with Crippen LogP contribution in [0.5, 0.6) is 0 Å². The normalized spacial score (nSPS) is 16.0. The van der Waals surface area contributed by atoms with E-state index in [1.165, 1.54) is 19.3 Å². The highest BCUT2D eigenvalue weighted by Gasteiger charge is 2.28. The van der Waals surface area contributed by atoms with Crippen LogP contribution >= 0.6 is 0 Å². The molecule has 2 aromatic heterocycles. The zero-order valence-corrected chi connectivity index (χ0v) is 12.2. The highest BCUT2D eigenvalue weighted by molar-refractivity contribution is 5.90. The molecule has 6 nitrogen and oxygen atoms in total. The van der Waals surface area contributed by atoms with Gasteiger partial charge in [-0.3, -0.25) is 9.48 Å². The van der Waals surface area contributed by atoms with Crippen molar-refractivity contribution in [1.29, 1.82) is 0 Å². The molecule has 0 spiro atoms. The van der Waals surface area contributed by atoms with Crippen LogP contribution in [0, 0.1) is 0 Å². The number of hydrogen-bond donors (Lipinski definition) is 0. The molecule has 0 atom stereocenters. The summed E-state index contributed by atoms with van der Waals surface area (Å²) < 4.78 is 6.68. The van der Waals surface area contributed by atoms with Crippen LogP contribution in [-0.4, -0.2) is 31.6 Å².